The van der Waals surface area contributed by atoms with Gasteiger partial charge in [0.1, 0.15) is 0 Å². The number of aromatic nitrogens is 1. The summed E-state index contributed by atoms with van der Waals surface area (Å²) in [4.78, 5) is 8.22. The van der Waals surface area contributed by atoms with Crippen LogP contribution in [0.25, 0.3) is 0 Å². The van der Waals surface area contributed by atoms with Gasteiger partial charge in [0.15, 0.2) is 0 Å². The van der Waals surface area contributed by atoms with Gasteiger partial charge in [-0.2, -0.15) is 0 Å². The van der Waals surface area contributed by atoms with E-state index in [0.717, 1.165) is 45.7 Å². The molecule has 2 rings (SSSR count). The van der Waals surface area contributed by atoms with Gasteiger partial charge >= 0.3 is 0 Å². The number of ether oxygens (including phenoxy) is 1. The minimum Gasteiger partial charge on any atom is -0.379 e. The van der Waals surface area contributed by atoms with Crippen LogP contribution in [-0.2, 0) is 11.2 Å². The average molecular weight is 311 g/mol. The third kappa shape index (κ3) is 4.25. The first kappa shape index (κ1) is 16.9. The zero-order valence-electron chi connectivity index (χ0n) is 13.6. The van der Waals surface area contributed by atoms with Gasteiger partial charge in [0, 0.05) is 42.2 Å². The Hall–Kier alpha value is -0.490. The molecule has 1 aromatic rings. The molecule has 5 heteroatoms. The van der Waals surface area contributed by atoms with E-state index in [4.69, 9.17) is 4.74 Å². The molecule has 120 valence electrons. The largest absolute Gasteiger partial charge is 0.379 e. The molecule has 21 heavy (non-hydrogen) atoms. The molecule has 0 bridgehead atoms. The molecule has 1 aliphatic rings. The van der Waals surface area contributed by atoms with Crippen molar-refractivity contribution in [1.82, 2.24) is 15.2 Å². The number of rotatable bonds is 8. The molecule has 2 atom stereocenters. The van der Waals surface area contributed by atoms with E-state index in [9.17, 15) is 0 Å². The lowest BCUT2D eigenvalue weighted by atomic mass is 9.84. The maximum atomic E-state index is 5.54. The third-order valence-corrected chi connectivity index (χ3v) is 5.53. The smallest absolute Gasteiger partial charge is 0.0794 e. The Labute approximate surface area is 132 Å². The second-order valence-corrected chi connectivity index (χ2v) is 6.96. The van der Waals surface area contributed by atoms with Crippen molar-refractivity contribution in [1.29, 1.82) is 0 Å². The van der Waals surface area contributed by atoms with Crippen LogP contribution < -0.4 is 5.32 Å². The summed E-state index contributed by atoms with van der Waals surface area (Å²) in [5, 5.41) is 3.79. The predicted molar refractivity (Wildman–Crippen MR) is 89.0 cm³/mol. The zero-order valence-corrected chi connectivity index (χ0v) is 14.4. The highest BCUT2D eigenvalue weighted by atomic mass is 32.1. The SMILES string of the molecule is CCCNC(Cc1cncs1)C(C)(CC)N1CCOCC1. The predicted octanol–water partition coefficient (Wildman–Crippen LogP) is 2.55. The van der Waals surface area contributed by atoms with Crippen molar-refractivity contribution < 1.29 is 4.74 Å². The molecular weight excluding hydrogens is 282 g/mol. The van der Waals surface area contributed by atoms with Crippen LogP contribution in [0.2, 0.25) is 0 Å². The minimum atomic E-state index is 0.170. The molecule has 2 heterocycles. The summed E-state index contributed by atoms with van der Waals surface area (Å²) in [6, 6.07) is 0.459. The molecule has 0 radical (unpaired) electrons. The van der Waals surface area contributed by atoms with Crippen LogP contribution in [0, 0.1) is 0 Å². The van der Waals surface area contributed by atoms with Crippen molar-refractivity contribution >= 4 is 11.3 Å². The summed E-state index contributed by atoms with van der Waals surface area (Å²) in [6.07, 6.45) is 5.39. The molecule has 4 nitrogen and oxygen atoms in total. The second kappa shape index (κ2) is 8.22. The Morgan fingerprint density at radius 2 is 2.19 bits per heavy atom. The van der Waals surface area contributed by atoms with Gasteiger partial charge in [0.05, 0.1) is 18.7 Å². The fraction of sp³-hybridized carbons (Fsp3) is 0.812. The number of hydrogen-bond donors (Lipinski definition) is 1. The number of thiazole rings is 1. The number of nitrogens with one attached hydrogen (secondary N) is 1. The number of nitrogens with zero attached hydrogens (tertiary/aromatic N) is 2. The molecule has 1 aliphatic heterocycles. The van der Waals surface area contributed by atoms with Crippen molar-refractivity contribution in [2.24, 2.45) is 0 Å². The second-order valence-electron chi connectivity index (χ2n) is 5.99. The fourth-order valence-electron chi connectivity index (χ4n) is 3.14. The molecule has 1 fully saturated rings. The maximum absolute atomic E-state index is 5.54. The van der Waals surface area contributed by atoms with E-state index in [1.165, 1.54) is 11.3 Å². The first-order valence-electron chi connectivity index (χ1n) is 8.14. The highest BCUT2D eigenvalue weighted by molar-refractivity contribution is 7.09. The van der Waals surface area contributed by atoms with Gasteiger partial charge < -0.3 is 10.1 Å². The van der Waals surface area contributed by atoms with Gasteiger partial charge in [0.25, 0.3) is 0 Å². The highest BCUT2D eigenvalue weighted by Crippen LogP contribution is 2.28. The topological polar surface area (TPSA) is 37.4 Å². The van der Waals surface area contributed by atoms with Crippen LogP contribution in [0.3, 0.4) is 0 Å². The molecule has 0 aromatic carbocycles. The first-order chi connectivity index (χ1) is 10.2. The molecular formula is C16H29N3OS. The third-order valence-electron chi connectivity index (χ3n) is 4.73. The first-order valence-corrected chi connectivity index (χ1v) is 9.02. The summed E-state index contributed by atoms with van der Waals surface area (Å²) in [5.74, 6) is 0. The molecule has 1 aromatic heterocycles. The summed E-state index contributed by atoms with van der Waals surface area (Å²) in [5.41, 5.74) is 2.10. The van der Waals surface area contributed by atoms with E-state index in [1.54, 1.807) is 11.3 Å². The van der Waals surface area contributed by atoms with Crippen LogP contribution in [-0.4, -0.2) is 54.3 Å². The van der Waals surface area contributed by atoms with E-state index < -0.39 is 0 Å². The van der Waals surface area contributed by atoms with E-state index >= 15 is 0 Å². The van der Waals surface area contributed by atoms with Crippen molar-refractivity contribution in [3.05, 3.63) is 16.6 Å². The van der Waals surface area contributed by atoms with Crippen molar-refractivity contribution in [2.45, 2.75) is 51.6 Å². The van der Waals surface area contributed by atoms with Gasteiger partial charge in [-0.3, -0.25) is 9.88 Å². The van der Waals surface area contributed by atoms with Gasteiger partial charge in [-0.15, -0.1) is 11.3 Å². The van der Waals surface area contributed by atoms with Crippen molar-refractivity contribution in [3.63, 3.8) is 0 Å². The molecule has 0 aliphatic carbocycles. The highest BCUT2D eigenvalue weighted by Gasteiger charge is 2.38. The molecule has 2 unspecified atom stereocenters. The molecule has 0 saturated carbocycles. The fourth-order valence-corrected chi connectivity index (χ4v) is 3.78. The normalized spacial score (nSPS) is 21.1. The zero-order chi connectivity index (χ0) is 15.1. The van der Waals surface area contributed by atoms with Crippen LogP contribution in [0.5, 0.6) is 0 Å². The molecule has 0 spiro atoms. The van der Waals surface area contributed by atoms with E-state index in [1.807, 2.05) is 11.7 Å². The average Bonchev–Trinajstić information content (AvgIpc) is 3.04. The monoisotopic (exact) mass is 311 g/mol. The molecule has 1 N–H and O–H groups in total. The van der Waals surface area contributed by atoms with Crippen molar-refractivity contribution in [2.75, 3.05) is 32.8 Å². The Balaban J connectivity index is 2.13. The van der Waals surface area contributed by atoms with Crippen LogP contribution in [0.1, 0.15) is 38.5 Å². The summed E-state index contributed by atoms with van der Waals surface area (Å²) >= 11 is 1.76. The number of hydrogen-bond acceptors (Lipinski definition) is 5. The molecule has 0 amide bonds. The van der Waals surface area contributed by atoms with E-state index in [-0.39, 0.29) is 5.54 Å². The standard InChI is InChI=1S/C16H29N3OS/c1-4-6-18-15(11-14-12-17-13-21-14)16(3,5-2)19-7-9-20-10-8-19/h12-13,15,18H,4-11H2,1-3H3. The minimum absolute atomic E-state index is 0.170. The van der Waals surface area contributed by atoms with Gasteiger partial charge in [0.2, 0.25) is 0 Å². The Kier molecular flexibility index (Phi) is 6.61. The van der Waals surface area contributed by atoms with Crippen molar-refractivity contribution in [3.8, 4) is 0 Å². The van der Waals surface area contributed by atoms with Gasteiger partial charge in [-0.05, 0) is 26.3 Å². The van der Waals surface area contributed by atoms with Crippen LogP contribution >= 0.6 is 11.3 Å². The number of morpholine rings is 1. The summed E-state index contributed by atoms with van der Waals surface area (Å²) in [6.45, 7) is 11.8. The lowest BCUT2D eigenvalue weighted by Gasteiger charge is -2.48. The lowest BCUT2D eigenvalue weighted by molar-refractivity contribution is -0.0321. The summed E-state index contributed by atoms with van der Waals surface area (Å²) < 4.78 is 5.54. The maximum Gasteiger partial charge on any atom is 0.0794 e. The van der Waals surface area contributed by atoms with Crippen LogP contribution in [0.4, 0.5) is 0 Å². The Morgan fingerprint density at radius 3 is 2.76 bits per heavy atom. The Bertz CT molecular complexity index is 392. The Morgan fingerprint density at radius 1 is 1.43 bits per heavy atom. The molecule has 1 saturated heterocycles. The van der Waals surface area contributed by atoms with Crippen LogP contribution in [0.15, 0.2) is 11.7 Å². The van der Waals surface area contributed by atoms with E-state index in [0.29, 0.717) is 6.04 Å². The lowest BCUT2D eigenvalue weighted by Crippen LogP contribution is -2.62. The quantitative estimate of drug-likeness (QED) is 0.800. The van der Waals surface area contributed by atoms with Gasteiger partial charge in [-0.1, -0.05) is 13.8 Å². The summed E-state index contributed by atoms with van der Waals surface area (Å²) in [7, 11) is 0. The van der Waals surface area contributed by atoms with Gasteiger partial charge in [-0.25, -0.2) is 0 Å². The van der Waals surface area contributed by atoms with E-state index in [2.05, 4.69) is 36.0 Å².